The minimum atomic E-state index is 0.222. The van der Waals surface area contributed by atoms with E-state index in [0.29, 0.717) is 6.10 Å². The molecule has 38 valence electrons. The van der Waals surface area contributed by atoms with Crippen molar-refractivity contribution in [2.75, 3.05) is 6.61 Å². The van der Waals surface area contributed by atoms with Gasteiger partial charge in [0.15, 0.2) is 0 Å². The van der Waals surface area contributed by atoms with Gasteiger partial charge in [-0.3, -0.25) is 0 Å². The topological polar surface area (TPSA) is 35.2 Å². The molecule has 0 amide bonds. The number of hydrogen-bond acceptors (Lipinski definition) is 2. The molecule has 2 nitrogen and oxygen atoms in total. The maximum Gasteiger partial charge on any atom is 0.0813 e. The van der Waals surface area contributed by atoms with Crippen molar-refractivity contribution in [2.45, 2.75) is 11.6 Å². The largest absolute Gasteiger partial charge is 0.376 e. The van der Waals surface area contributed by atoms with Crippen molar-refractivity contribution >= 4 is 0 Å². The number of nitrogens with two attached hydrogens (primary N) is 1. The van der Waals surface area contributed by atoms with Gasteiger partial charge in [0.05, 0.1) is 18.2 Å². The first-order valence-electron chi connectivity index (χ1n) is 2.75. The minimum Gasteiger partial charge on any atom is -0.376 e. The molecular weight excluding hydrogens is 90.1 g/mol. The van der Waals surface area contributed by atoms with Crippen molar-refractivity contribution in [3.8, 4) is 0 Å². The normalized spacial score (nSPS) is 81.0. The molecular formula is C5H7NO. The van der Waals surface area contributed by atoms with Gasteiger partial charge in [-0.2, -0.15) is 0 Å². The standard InChI is InChI=1S/C5H7NO/c6-5-2-1-7-4(5)3(2)5/h2-4H,1,6H2/t2-,3-,4?,5-/m1/s1. The second-order valence-corrected chi connectivity index (χ2v) is 2.89. The predicted molar refractivity (Wildman–Crippen MR) is 23.6 cm³/mol. The van der Waals surface area contributed by atoms with Gasteiger partial charge in [-0.25, -0.2) is 0 Å². The Morgan fingerprint density at radius 3 is 2.57 bits per heavy atom. The lowest BCUT2D eigenvalue weighted by atomic mass is 10.2. The number of hydrogen-bond donors (Lipinski definition) is 1. The lowest BCUT2D eigenvalue weighted by Gasteiger charge is -1.92. The molecule has 2 bridgehead atoms. The second kappa shape index (κ2) is 0.501. The van der Waals surface area contributed by atoms with Gasteiger partial charge >= 0.3 is 0 Å². The van der Waals surface area contributed by atoms with E-state index in [1.807, 2.05) is 0 Å². The molecule has 0 aromatic heterocycles. The van der Waals surface area contributed by atoms with Gasteiger partial charge in [-0.15, -0.1) is 0 Å². The van der Waals surface area contributed by atoms with Crippen LogP contribution in [0.5, 0.6) is 0 Å². The Morgan fingerprint density at radius 2 is 2.43 bits per heavy atom. The van der Waals surface area contributed by atoms with Crippen molar-refractivity contribution in [1.29, 1.82) is 0 Å². The molecule has 2 saturated heterocycles. The van der Waals surface area contributed by atoms with E-state index in [4.69, 9.17) is 10.5 Å². The minimum absolute atomic E-state index is 0.222. The Kier molecular flexibility index (Phi) is 0.218. The summed E-state index contributed by atoms with van der Waals surface area (Å²) in [5, 5.41) is 0. The fraction of sp³-hybridized carbons (Fsp3) is 1.00. The third-order valence-electron chi connectivity index (χ3n) is 2.71. The third-order valence-corrected chi connectivity index (χ3v) is 2.71. The fourth-order valence-corrected chi connectivity index (χ4v) is 1.96. The lowest BCUT2D eigenvalue weighted by Crippen LogP contribution is -2.20. The number of fused-ring (bicyclic) bond motifs is 1. The van der Waals surface area contributed by atoms with Crippen LogP contribution in [0.3, 0.4) is 0 Å². The first-order chi connectivity index (χ1) is 3.35. The van der Waals surface area contributed by atoms with E-state index < -0.39 is 0 Å². The van der Waals surface area contributed by atoms with Crippen LogP contribution in [-0.2, 0) is 4.74 Å². The summed E-state index contributed by atoms with van der Waals surface area (Å²) < 4.78 is 5.24. The van der Waals surface area contributed by atoms with Gasteiger partial charge in [-0.1, -0.05) is 0 Å². The Hall–Kier alpha value is -0.0800. The zero-order valence-electron chi connectivity index (χ0n) is 3.92. The number of ether oxygens (including phenoxy) is 1. The van der Waals surface area contributed by atoms with E-state index in [9.17, 15) is 0 Å². The van der Waals surface area contributed by atoms with Crippen LogP contribution in [0, 0.1) is 11.8 Å². The first-order valence-corrected chi connectivity index (χ1v) is 2.75. The quantitative estimate of drug-likeness (QED) is 0.435. The van der Waals surface area contributed by atoms with E-state index in [1.54, 1.807) is 0 Å². The maximum atomic E-state index is 5.76. The highest BCUT2D eigenvalue weighted by Gasteiger charge is 2.90. The van der Waals surface area contributed by atoms with Gasteiger partial charge < -0.3 is 10.5 Å². The molecule has 2 saturated carbocycles. The molecule has 0 radical (unpaired) electrons. The summed E-state index contributed by atoms with van der Waals surface area (Å²) in [5.74, 6) is 1.57. The summed E-state index contributed by atoms with van der Waals surface area (Å²) in [6.45, 7) is 0.950. The maximum absolute atomic E-state index is 5.76. The first kappa shape index (κ1) is 3.05. The molecule has 2 heterocycles. The average molecular weight is 97.1 g/mol. The van der Waals surface area contributed by atoms with Gasteiger partial charge in [0.1, 0.15) is 0 Å². The molecule has 2 heteroatoms. The molecule has 4 fully saturated rings. The van der Waals surface area contributed by atoms with Crippen molar-refractivity contribution in [2.24, 2.45) is 17.6 Å². The van der Waals surface area contributed by atoms with Crippen LogP contribution in [0.2, 0.25) is 0 Å². The molecule has 7 heavy (non-hydrogen) atoms. The van der Waals surface area contributed by atoms with Gasteiger partial charge in [-0.05, 0) is 0 Å². The molecule has 2 aliphatic carbocycles. The molecule has 2 aliphatic heterocycles. The van der Waals surface area contributed by atoms with Crippen LogP contribution in [0.4, 0.5) is 0 Å². The van der Waals surface area contributed by atoms with Crippen molar-refractivity contribution in [3.63, 3.8) is 0 Å². The average Bonchev–Trinajstić information content (AvgIpc) is 2.38. The van der Waals surface area contributed by atoms with Gasteiger partial charge in [0, 0.05) is 11.8 Å². The van der Waals surface area contributed by atoms with Crippen molar-refractivity contribution in [1.82, 2.24) is 0 Å². The molecule has 4 aliphatic rings. The highest BCUT2D eigenvalue weighted by molar-refractivity contribution is 5.43. The molecule has 4 atom stereocenters. The zero-order valence-corrected chi connectivity index (χ0v) is 3.92. The summed E-state index contributed by atoms with van der Waals surface area (Å²) >= 11 is 0. The summed E-state index contributed by atoms with van der Waals surface area (Å²) in [5.41, 5.74) is 5.99. The predicted octanol–water partition coefficient (Wildman–Crippen LogP) is -0.658. The van der Waals surface area contributed by atoms with Crippen LogP contribution < -0.4 is 5.73 Å². The molecule has 4 rings (SSSR count). The lowest BCUT2D eigenvalue weighted by molar-refractivity contribution is 0.175. The second-order valence-electron chi connectivity index (χ2n) is 2.89. The molecule has 0 spiro atoms. The highest BCUT2D eigenvalue weighted by Crippen LogP contribution is 2.75. The molecule has 0 aromatic rings. The van der Waals surface area contributed by atoms with E-state index in [-0.39, 0.29) is 5.54 Å². The van der Waals surface area contributed by atoms with E-state index in [2.05, 4.69) is 0 Å². The summed E-state index contributed by atoms with van der Waals surface area (Å²) in [6.07, 6.45) is 0.498. The Balaban J connectivity index is 2.17. The summed E-state index contributed by atoms with van der Waals surface area (Å²) in [6, 6.07) is 0. The third kappa shape index (κ3) is 0.126. The SMILES string of the molecule is N[C@]12C3OC[C@@H]1[C@H]32. The zero-order chi connectivity index (χ0) is 4.65. The Bertz CT molecular complexity index is 124. The van der Waals surface area contributed by atoms with E-state index in [1.165, 1.54) is 0 Å². The summed E-state index contributed by atoms with van der Waals surface area (Å²) in [7, 11) is 0. The smallest absolute Gasteiger partial charge is 0.0813 e. The van der Waals surface area contributed by atoms with Crippen molar-refractivity contribution < 1.29 is 4.74 Å². The Labute approximate surface area is 41.6 Å². The molecule has 2 N–H and O–H groups in total. The molecule has 1 unspecified atom stereocenters. The van der Waals surface area contributed by atoms with E-state index in [0.717, 1.165) is 18.4 Å². The van der Waals surface area contributed by atoms with Crippen LogP contribution in [0.1, 0.15) is 0 Å². The van der Waals surface area contributed by atoms with Gasteiger partial charge in [0.25, 0.3) is 0 Å². The van der Waals surface area contributed by atoms with Crippen LogP contribution in [0.25, 0.3) is 0 Å². The van der Waals surface area contributed by atoms with Crippen LogP contribution >= 0.6 is 0 Å². The van der Waals surface area contributed by atoms with E-state index >= 15 is 0 Å². The van der Waals surface area contributed by atoms with Crippen LogP contribution in [0.15, 0.2) is 0 Å². The van der Waals surface area contributed by atoms with Crippen molar-refractivity contribution in [3.05, 3.63) is 0 Å². The highest BCUT2D eigenvalue weighted by atomic mass is 16.5. The van der Waals surface area contributed by atoms with Crippen LogP contribution in [-0.4, -0.2) is 18.2 Å². The Morgan fingerprint density at radius 1 is 1.71 bits per heavy atom. The number of rotatable bonds is 0. The summed E-state index contributed by atoms with van der Waals surface area (Å²) in [4.78, 5) is 0. The monoisotopic (exact) mass is 97.1 g/mol. The molecule has 0 aromatic carbocycles. The fourth-order valence-electron chi connectivity index (χ4n) is 1.96. The van der Waals surface area contributed by atoms with Gasteiger partial charge in [0.2, 0.25) is 0 Å².